The summed E-state index contributed by atoms with van der Waals surface area (Å²) < 4.78 is 18.8. The number of halogens is 2. The first kappa shape index (κ1) is 16.1. The monoisotopic (exact) mass is 333 g/mol. The fourth-order valence-electron chi connectivity index (χ4n) is 1.48. The van der Waals surface area contributed by atoms with Gasteiger partial charge in [-0.15, -0.1) is 0 Å². The van der Waals surface area contributed by atoms with Crippen LogP contribution in [0.15, 0.2) is 22.7 Å². The third-order valence-corrected chi connectivity index (χ3v) is 3.16. The maximum atomic E-state index is 13.0. The number of amides is 1. The lowest BCUT2D eigenvalue weighted by atomic mass is 10.1. The Morgan fingerprint density at radius 1 is 1.42 bits per heavy atom. The molecule has 2 N–H and O–H groups in total. The van der Waals surface area contributed by atoms with Crippen LogP contribution in [0.3, 0.4) is 0 Å². The van der Waals surface area contributed by atoms with E-state index >= 15 is 0 Å². The highest BCUT2D eigenvalue weighted by Crippen LogP contribution is 2.18. The molecule has 0 heterocycles. The van der Waals surface area contributed by atoms with E-state index in [2.05, 4.69) is 21.2 Å². The molecule has 19 heavy (non-hydrogen) atoms. The third-order valence-electron chi connectivity index (χ3n) is 2.38. The summed E-state index contributed by atoms with van der Waals surface area (Å²) in [7, 11) is 0. The number of hydrogen-bond acceptors (Lipinski definition) is 3. The SMILES string of the molecule is O=C(Cc1cc(F)ccc1Br)NCCCOCCO. The molecular weight excluding hydrogens is 317 g/mol. The van der Waals surface area contributed by atoms with E-state index in [1.807, 2.05) is 0 Å². The number of nitrogens with one attached hydrogen (secondary N) is 1. The second-order valence-corrected chi connectivity index (χ2v) is 4.81. The van der Waals surface area contributed by atoms with Crippen molar-refractivity contribution in [3.63, 3.8) is 0 Å². The first-order valence-corrected chi connectivity index (χ1v) is 6.82. The lowest BCUT2D eigenvalue weighted by Gasteiger charge is -2.07. The van der Waals surface area contributed by atoms with Crippen molar-refractivity contribution < 1.29 is 19.0 Å². The number of ether oxygens (including phenoxy) is 1. The maximum Gasteiger partial charge on any atom is 0.224 e. The van der Waals surface area contributed by atoms with E-state index < -0.39 is 0 Å². The summed E-state index contributed by atoms with van der Waals surface area (Å²) in [5.41, 5.74) is 0.619. The molecule has 0 spiro atoms. The summed E-state index contributed by atoms with van der Waals surface area (Å²) in [5, 5.41) is 11.2. The van der Waals surface area contributed by atoms with Gasteiger partial charge in [-0.25, -0.2) is 4.39 Å². The van der Waals surface area contributed by atoms with Gasteiger partial charge < -0.3 is 15.2 Å². The van der Waals surface area contributed by atoms with Gasteiger partial charge in [0.05, 0.1) is 19.6 Å². The highest BCUT2D eigenvalue weighted by molar-refractivity contribution is 9.10. The van der Waals surface area contributed by atoms with Crippen LogP contribution in [0.5, 0.6) is 0 Å². The van der Waals surface area contributed by atoms with Gasteiger partial charge in [0.2, 0.25) is 5.91 Å². The Hall–Kier alpha value is -0.980. The molecule has 6 heteroatoms. The quantitative estimate of drug-likeness (QED) is 0.711. The van der Waals surface area contributed by atoms with Gasteiger partial charge in [0.15, 0.2) is 0 Å². The van der Waals surface area contributed by atoms with E-state index in [1.165, 1.54) is 12.1 Å². The Bertz CT molecular complexity index is 415. The molecule has 0 aromatic heterocycles. The van der Waals surface area contributed by atoms with Crippen LogP contribution in [0, 0.1) is 5.82 Å². The van der Waals surface area contributed by atoms with E-state index in [9.17, 15) is 9.18 Å². The van der Waals surface area contributed by atoms with Gasteiger partial charge in [-0.3, -0.25) is 4.79 Å². The van der Waals surface area contributed by atoms with Crippen LogP contribution in [-0.4, -0.2) is 37.4 Å². The Morgan fingerprint density at radius 3 is 2.95 bits per heavy atom. The molecule has 1 amide bonds. The Balaban J connectivity index is 2.25. The van der Waals surface area contributed by atoms with E-state index in [-0.39, 0.29) is 24.8 Å². The Labute approximate surface area is 120 Å². The first-order valence-electron chi connectivity index (χ1n) is 6.02. The minimum Gasteiger partial charge on any atom is -0.394 e. The lowest BCUT2D eigenvalue weighted by molar-refractivity contribution is -0.120. The molecule has 4 nitrogen and oxygen atoms in total. The fourth-order valence-corrected chi connectivity index (χ4v) is 1.87. The van der Waals surface area contributed by atoms with E-state index in [1.54, 1.807) is 6.07 Å². The lowest BCUT2D eigenvalue weighted by Crippen LogP contribution is -2.27. The smallest absolute Gasteiger partial charge is 0.224 e. The third kappa shape index (κ3) is 6.66. The minimum atomic E-state index is -0.358. The molecule has 1 aromatic rings. The van der Waals surface area contributed by atoms with Crippen LogP contribution < -0.4 is 5.32 Å². The molecule has 0 bridgehead atoms. The van der Waals surface area contributed by atoms with Crippen molar-refractivity contribution in [2.24, 2.45) is 0 Å². The van der Waals surface area contributed by atoms with Gasteiger partial charge in [-0.1, -0.05) is 15.9 Å². The van der Waals surface area contributed by atoms with Crippen LogP contribution in [0.4, 0.5) is 4.39 Å². The number of carbonyl (C=O) groups is 1. The molecule has 0 saturated carbocycles. The zero-order chi connectivity index (χ0) is 14.1. The van der Waals surface area contributed by atoms with E-state index in [4.69, 9.17) is 9.84 Å². The molecule has 0 aliphatic rings. The Morgan fingerprint density at radius 2 is 2.21 bits per heavy atom. The van der Waals surface area contributed by atoms with Crippen molar-refractivity contribution in [1.29, 1.82) is 0 Å². The highest BCUT2D eigenvalue weighted by atomic mass is 79.9. The first-order chi connectivity index (χ1) is 9.13. The molecule has 106 valence electrons. The molecular formula is C13H17BrFNO3. The van der Waals surface area contributed by atoms with Gasteiger partial charge in [0, 0.05) is 17.6 Å². The summed E-state index contributed by atoms with van der Waals surface area (Å²) in [6, 6.07) is 4.26. The maximum absolute atomic E-state index is 13.0. The summed E-state index contributed by atoms with van der Waals surface area (Å²) in [5.74, 6) is -0.517. The number of carbonyl (C=O) groups excluding carboxylic acids is 1. The zero-order valence-electron chi connectivity index (χ0n) is 10.5. The van der Waals surface area contributed by atoms with Crippen LogP contribution in [0.1, 0.15) is 12.0 Å². The standard InChI is InChI=1S/C13H17BrFNO3/c14-12-3-2-11(15)8-10(12)9-13(18)16-4-1-6-19-7-5-17/h2-3,8,17H,1,4-7,9H2,(H,16,18). The molecule has 0 saturated heterocycles. The molecule has 0 atom stereocenters. The van der Waals surface area contributed by atoms with Crippen molar-refractivity contribution in [1.82, 2.24) is 5.32 Å². The summed E-state index contributed by atoms with van der Waals surface area (Å²) >= 11 is 3.28. The van der Waals surface area contributed by atoms with Crippen molar-refractivity contribution >= 4 is 21.8 Å². The average Bonchev–Trinajstić information content (AvgIpc) is 2.38. The summed E-state index contributed by atoms with van der Waals surface area (Å²) in [4.78, 5) is 11.6. The Kier molecular flexibility index (Phi) is 7.62. The number of rotatable bonds is 8. The predicted molar refractivity (Wildman–Crippen MR) is 73.3 cm³/mol. The molecule has 0 unspecified atom stereocenters. The number of aliphatic hydroxyl groups is 1. The molecule has 0 aliphatic carbocycles. The average molecular weight is 334 g/mol. The van der Waals surface area contributed by atoms with E-state index in [0.717, 1.165) is 4.47 Å². The second-order valence-electron chi connectivity index (χ2n) is 3.95. The van der Waals surface area contributed by atoms with Gasteiger partial charge in [0.1, 0.15) is 5.82 Å². The van der Waals surface area contributed by atoms with E-state index in [0.29, 0.717) is 31.7 Å². The normalized spacial score (nSPS) is 10.5. The highest BCUT2D eigenvalue weighted by Gasteiger charge is 2.07. The second kappa shape index (κ2) is 9.01. The summed E-state index contributed by atoms with van der Waals surface area (Å²) in [6.07, 6.45) is 0.811. The minimum absolute atomic E-state index is 0.0000424. The molecule has 0 aliphatic heterocycles. The van der Waals surface area contributed by atoms with Gasteiger partial charge in [0.25, 0.3) is 0 Å². The molecule has 0 radical (unpaired) electrons. The van der Waals surface area contributed by atoms with Gasteiger partial charge >= 0.3 is 0 Å². The zero-order valence-corrected chi connectivity index (χ0v) is 12.1. The van der Waals surface area contributed by atoms with Crippen molar-refractivity contribution in [3.8, 4) is 0 Å². The van der Waals surface area contributed by atoms with Crippen molar-refractivity contribution in [2.75, 3.05) is 26.4 Å². The molecule has 1 aromatic carbocycles. The molecule has 1 rings (SSSR count). The van der Waals surface area contributed by atoms with Crippen LogP contribution in [0.2, 0.25) is 0 Å². The van der Waals surface area contributed by atoms with Crippen LogP contribution in [-0.2, 0) is 16.0 Å². The van der Waals surface area contributed by atoms with Crippen LogP contribution in [0.25, 0.3) is 0 Å². The predicted octanol–water partition coefficient (Wildman–Crippen LogP) is 1.65. The van der Waals surface area contributed by atoms with Crippen molar-refractivity contribution in [3.05, 3.63) is 34.1 Å². The van der Waals surface area contributed by atoms with Crippen LogP contribution >= 0.6 is 15.9 Å². The van der Waals surface area contributed by atoms with Gasteiger partial charge in [-0.05, 0) is 30.2 Å². The molecule has 0 fully saturated rings. The number of aliphatic hydroxyl groups excluding tert-OH is 1. The summed E-state index contributed by atoms with van der Waals surface area (Å²) in [6.45, 7) is 1.30. The van der Waals surface area contributed by atoms with Gasteiger partial charge in [-0.2, -0.15) is 0 Å². The largest absolute Gasteiger partial charge is 0.394 e. The number of benzene rings is 1. The fraction of sp³-hybridized carbons (Fsp3) is 0.462. The van der Waals surface area contributed by atoms with Crippen molar-refractivity contribution in [2.45, 2.75) is 12.8 Å². The number of hydrogen-bond donors (Lipinski definition) is 2. The topological polar surface area (TPSA) is 58.6 Å².